The summed E-state index contributed by atoms with van der Waals surface area (Å²) < 4.78 is 5.80. The molecule has 1 aliphatic heterocycles. The first-order valence-electron chi connectivity index (χ1n) is 8.21. The number of fused-ring (bicyclic) bond motifs is 1. The van der Waals surface area contributed by atoms with Crippen LogP contribution in [0.15, 0.2) is 28.7 Å². The zero-order valence-corrected chi connectivity index (χ0v) is 14.6. The van der Waals surface area contributed by atoms with Crippen molar-refractivity contribution in [1.29, 1.82) is 0 Å². The highest BCUT2D eigenvalue weighted by atomic mass is 35.5. The molecular formula is C18H25ClN2O2. The minimum absolute atomic E-state index is 0. The number of carbonyl (C=O) groups is 1. The summed E-state index contributed by atoms with van der Waals surface area (Å²) in [5.74, 6) is 0.496. The lowest BCUT2D eigenvalue weighted by Crippen LogP contribution is -2.46. The predicted molar refractivity (Wildman–Crippen MR) is 95.4 cm³/mol. The van der Waals surface area contributed by atoms with Gasteiger partial charge < -0.3 is 14.6 Å². The Hall–Kier alpha value is -1.52. The average Bonchev–Trinajstić information content (AvgIpc) is 2.96. The van der Waals surface area contributed by atoms with Gasteiger partial charge in [-0.1, -0.05) is 18.6 Å². The topological polar surface area (TPSA) is 45.5 Å². The fraction of sp³-hybridized carbons (Fsp3) is 0.500. The van der Waals surface area contributed by atoms with Crippen molar-refractivity contribution in [2.45, 2.75) is 39.2 Å². The molecule has 1 fully saturated rings. The van der Waals surface area contributed by atoms with E-state index in [1.54, 1.807) is 0 Å². The molecule has 3 rings (SSSR count). The van der Waals surface area contributed by atoms with Gasteiger partial charge in [-0.3, -0.25) is 4.79 Å². The number of furan rings is 1. The first kappa shape index (κ1) is 17.8. The monoisotopic (exact) mass is 336 g/mol. The van der Waals surface area contributed by atoms with Gasteiger partial charge in [0, 0.05) is 18.0 Å². The van der Waals surface area contributed by atoms with Gasteiger partial charge in [-0.25, -0.2) is 0 Å². The van der Waals surface area contributed by atoms with Crippen molar-refractivity contribution in [3.63, 3.8) is 0 Å². The van der Waals surface area contributed by atoms with Crippen molar-refractivity contribution in [3.05, 3.63) is 35.6 Å². The molecule has 0 atom stereocenters. The summed E-state index contributed by atoms with van der Waals surface area (Å²) in [6.45, 7) is 6.92. The van der Waals surface area contributed by atoms with E-state index in [2.05, 4.69) is 18.3 Å². The van der Waals surface area contributed by atoms with Gasteiger partial charge in [0.2, 0.25) is 0 Å². The smallest absolute Gasteiger partial charge is 0.289 e. The third kappa shape index (κ3) is 3.88. The van der Waals surface area contributed by atoms with Crippen molar-refractivity contribution in [1.82, 2.24) is 10.2 Å². The number of hydrogen-bond donors (Lipinski definition) is 1. The van der Waals surface area contributed by atoms with Gasteiger partial charge in [0.15, 0.2) is 5.76 Å². The van der Waals surface area contributed by atoms with E-state index in [-0.39, 0.29) is 18.3 Å². The summed E-state index contributed by atoms with van der Waals surface area (Å²) in [5.41, 5.74) is 1.96. The van der Waals surface area contributed by atoms with E-state index in [0.29, 0.717) is 11.8 Å². The van der Waals surface area contributed by atoms with Crippen LogP contribution in [0.4, 0.5) is 0 Å². The zero-order valence-electron chi connectivity index (χ0n) is 13.8. The Balaban J connectivity index is 0.00000192. The first-order valence-corrected chi connectivity index (χ1v) is 8.21. The summed E-state index contributed by atoms with van der Waals surface area (Å²) >= 11 is 0. The van der Waals surface area contributed by atoms with Crippen molar-refractivity contribution in [2.24, 2.45) is 0 Å². The molecule has 2 heterocycles. The van der Waals surface area contributed by atoms with E-state index in [9.17, 15) is 4.79 Å². The van der Waals surface area contributed by atoms with Crippen LogP contribution in [0, 0.1) is 6.92 Å². The van der Waals surface area contributed by atoms with Crippen LogP contribution in [0.25, 0.3) is 11.0 Å². The number of benzene rings is 1. The molecule has 0 aliphatic carbocycles. The van der Waals surface area contributed by atoms with Gasteiger partial charge in [-0.15, -0.1) is 12.4 Å². The lowest BCUT2D eigenvalue weighted by Gasteiger charge is -2.34. The lowest BCUT2D eigenvalue weighted by atomic mass is 10.0. The molecule has 1 aliphatic rings. The number of piperidine rings is 1. The van der Waals surface area contributed by atoms with Crippen molar-refractivity contribution in [2.75, 3.05) is 19.6 Å². The summed E-state index contributed by atoms with van der Waals surface area (Å²) in [7, 11) is 0. The summed E-state index contributed by atoms with van der Waals surface area (Å²) in [4.78, 5) is 14.9. The van der Waals surface area contributed by atoms with Gasteiger partial charge in [0.25, 0.3) is 5.91 Å². The minimum Gasteiger partial charge on any atom is -0.451 e. The first-order chi connectivity index (χ1) is 10.7. The van der Waals surface area contributed by atoms with E-state index < -0.39 is 0 Å². The summed E-state index contributed by atoms with van der Waals surface area (Å²) in [6.07, 6.45) is 3.01. The number of nitrogens with zero attached hydrogens (tertiary/aromatic N) is 1. The molecule has 1 aromatic carbocycles. The third-order valence-electron chi connectivity index (χ3n) is 4.36. The van der Waals surface area contributed by atoms with Crippen LogP contribution in [0.1, 0.15) is 42.3 Å². The SMILES string of the molecule is CCCN(C(=O)c1cc2cc(C)ccc2o1)C1CCNCC1.Cl. The zero-order chi connectivity index (χ0) is 15.5. The highest BCUT2D eigenvalue weighted by Crippen LogP contribution is 2.23. The Morgan fingerprint density at radius 3 is 2.74 bits per heavy atom. The van der Waals surface area contributed by atoms with Crippen LogP contribution < -0.4 is 5.32 Å². The third-order valence-corrected chi connectivity index (χ3v) is 4.36. The number of nitrogens with one attached hydrogen (secondary N) is 1. The van der Waals surface area contributed by atoms with Gasteiger partial charge in [-0.05, 0) is 57.5 Å². The molecule has 1 saturated heterocycles. The molecule has 5 heteroatoms. The molecule has 23 heavy (non-hydrogen) atoms. The number of hydrogen-bond acceptors (Lipinski definition) is 3. The standard InChI is InChI=1S/C18H24N2O2.ClH/c1-3-10-20(15-6-8-19-9-7-15)18(21)17-12-14-11-13(2)4-5-16(14)22-17;/h4-5,11-12,15,19H,3,6-10H2,1-2H3;1H. The maximum absolute atomic E-state index is 12.9. The van der Waals surface area contributed by atoms with Crippen LogP contribution in [0.5, 0.6) is 0 Å². The highest BCUT2D eigenvalue weighted by molar-refractivity contribution is 5.96. The van der Waals surface area contributed by atoms with E-state index in [0.717, 1.165) is 49.9 Å². The Kier molecular flexibility index (Phi) is 6.08. The normalized spacial score (nSPS) is 15.4. The lowest BCUT2D eigenvalue weighted by molar-refractivity contribution is 0.0612. The second kappa shape index (κ2) is 7.84. The van der Waals surface area contributed by atoms with Crippen LogP contribution >= 0.6 is 12.4 Å². The number of aryl methyl sites for hydroxylation is 1. The van der Waals surface area contributed by atoms with Crippen LogP contribution in [0.3, 0.4) is 0 Å². The fourth-order valence-electron chi connectivity index (χ4n) is 3.22. The molecule has 4 nitrogen and oxygen atoms in total. The number of halogens is 1. The maximum atomic E-state index is 12.9. The quantitative estimate of drug-likeness (QED) is 0.924. The molecule has 0 radical (unpaired) electrons. The van der Waals surface area contributed by atoms with Crippen LogP contribution in [0.2, 0.25) is 0 Å². The molecule has 0 unspecified atom stereocenters. The highest BCUT2D eigenvalue weighted by Gasteiger charge is 2.27. The number of rotatable bonds is 4. The minimum atomic E-state index is 0. The Morgan fingerprint density at radius 2 is 2.04 bits per heavy atom. The molecule has 0 spiro atoms. The Bertz CT molecular complexity index is 662. The molecule has 126 valence electrons. The van der Waals surface area contributed by atoms with Crippen molar-refractivity contribution >= 4 is 29.3 Å². The van der Waals surface area contributed by atoms with E-state index >= 15 is 0 Å². The van der Waals surface area contributed by atoms with E-state index in [4.69, 9.17) is 4.42 Å². The van der Waals surface area contributed by atoms with Crippen LogP contribution in [-0.2, 0) is 0 Å². The summed E-state index contributed by atoms with van der Waals surface area (Å²) in [5, 5.41) is 4.36. The van der Waals surface area contributed by atoms with Gasteiger partial charge in [0.05, 0.1) is 0 Å². The fourth-order valence-corrected chi connectivity index (χ4v) is 3.22. The van der Waals surface area contributed by atoms with E-state index in [1.807, 2.05) is 30.0 Å². The molecule has 1 aromatic heterocycles. The Labute approximate surface area is 143 Å². The van der Waals surface area contributed by atoms with E-state index in [1.165, 1.54) is 5.56 Å². The average molecular weight is 337 g/mol. The van der Waals surface area contributed by atoms with Crippen molar-refractivity contribution in [3.8, 4) is 0 Å². The summed E-state index contributed by atoms with van der Waals surface area (Å²) in [6, 6.07) is 8.22. The predicted octanol–water partition coefficient (Wildman–Crippen LogP) is 3.77. The van der Waals surface area contributed by atoms with Crippen LogP contribution in [-0.4, -0.2) is 36.5 Å². The molecule has 2 aromatic rings. The molecule has 1 amide bonds. The molecule has 1 N–H and O–H groups in total. The van der Waals surface area contributed by atoms with Gasteiger partial charge >= 0.3 is 0 Å². The number of carbonyl (C=O) groups excluding carboxylic acids is 1. The maximum Gasteiger partial charge on any atom is 0.289 e. The second-order valence-electron chi connectivity index (χ2n) is 6.13. The van der Waals surface area contributed by atoms with Gasteiger partial charge in [0.1, 0.15) is 5.58 Å². The van der Waals surface area contributed by atoms with Gasteiger partial charge in [-0.2, -0.15) is 0 Å². The number of amides is 1. The molecule has 0 saturated carbocycles. The molecule has 0 bridgehead atoms. The molecular weight excluding hydrogens is 312 g/mol. The van der Waals surface area contributed by atoms with Crippen molar-refractivity contribution < 1.29 is 9.21 Å². The largest absolute Gasteiger partial charge is 0.451 e. The Morgan fingerprint density at radius 1 is 1.30 bits per heavy atom. The second-order valence-corrected chi connectivity index (χ2v) is 6.13.